The summed E-state index contributed by atoms with van der Waals surface area (Å²) < 4.78 is 6.26. The lowest BCUT2D eigenvalue weighted by atomic mass is 9.94. The summed E-state index contributed by atoms with van der Waals surface area (Å²) in [5, 5.41) is 24.5. The Morgan fingerprint density at radius 3 is 2.79 bits per heavy atom. The van der Waals surface area contributed by atoms with Crippen LogP contribution in [0.1, 0.15) is 41.3 Å². The van der Waals surface area contributed by atoms with Crippen molar-refractivity contribution in [2.45, 2.75) is 36.8 Å². The molecule has 1 fully saturated rings. The molecule has 2 aliphatic heterocycles. The van der Waals surface area contributed by atoms with E-state index in [9.17, 15) is 15.0 Å². The highest BCUT2D eigenvalue weighted by atomic mass is 32.1. The number of nitrogens with one attached hydrogen (secondary N) is 1. The predicted molar refractivity (Wildman–Crippen MR) is 124 cm³/mol. The van der Waals surface area contributed by atoms with Crippen molar-refractivity contribution in [3.05, 3.63) is 82.7 Å². The Kier molecular flexibility index (Phi) is 4.67. The Bertz CT molecular complexity index is 1250. The summed E-state index contributed by atoms with van der Waals surface area (Å²) in [4.78, 5) is 20.8. The van der Waals surface area contributed by atoms with Crippen LogP contribution < -0.4 is 10.1 Å². The molecule has 3 heterocycles. The fraction of sp³-hybridized carbons (Fsp3) is 0.280. The van der Waals surface area contributed by atoms with Gasteiger partial charge >= 0.3 is 0 Å². The number of hydrogen-bond donors (Lipinski definition) is 3. The molecule has 168 valence electrons. The average molecular weight is 462 g/mol. The first-order valence-corrected chi connectivity index (χ1v) is 11.9. The van der Waals surface area contributed by atoms with Gasteiger partial charge in [-0.15, -0.1) is 0 Å². The number of ether oxygens (including phenoxy) is 1. The van der Waals surface area contributed by atoms with Gasteiger partial charge in [-0.2, -0.15) is 0 Å². The molecule has 0 saturated heterocycles. The molecule has 2 unspecified atom stereocenters. The minimum atomic E-state index is -0.649. The molecule has 1 aliphatic carbocycles. The Morgan fingerprint density at radius 1 is 1.18 bits per heavy atom. The van der Waals surface area contributed by atoms with Gasteiger partial charge in [0.25, 0.3) is 0 Å². The lowest BCUT2D eigenvalue weighted by Gasteiger charge is -2.37. The summed E-state index contributed by atoms with van der Waals surface area (Å²) >= 11 is 1.44. The summed E-state index contributed by atoms with van der Waals surface area (Å²) in [6.45, 7) is 0.552. The molecule has 1 amide bonds. The summed E-state index contributed by atoms with van der Waals surface area (Å²) in [7, 11) is 0. The van der Waals surface area contributed by atoms with Gasteiger partial charge in [-0.3, -0.25) is 4.79 Å². The van der Waals surface area contributed by atoms with E-state index in [1.807, 2.05) is 30.3 Å². The smallest absolute Gasteiger partial charge is 0.236 e. The van der Waals surface area contributed by atoms with Gasteiger partial charge in [0.2, 0.25) is 5.91 Å². The number of thiazole rings is 1. The first-order valence-electron chi connectivity index (χ1n) is 11.0. The second-order valence-electron chi connectivity index (χ2n) is 8.76. The van der Waals surface area contributed by atoms with E-state index in [-0.39, 0.29) is 23.4 Å². The van der Waals surface area contributed by atoms with Gasteiger partial charge in [0.05, 0.1) is 22.4 Å². The number of aliphatic hydroxyl groups excluding tert-OH is 1. The fourth-order valence-electron chi connectivity index (χ4n) is 4.67. The van der Waals surface area contributed by atoms with Crippen LogP contribution in [-0.4, -0.2) is 38.7 Å². The number of amides is 1. The molecular weight excluding hydrogens is 438 g/mol. The van der Waals surface area contributed by atoms with Crippen LogP contribution in [0.3, 0.4) is 0 Å². The topological polar surface area (TPSA) is 94.9 Å². The molecule has 3 N–H and O–H groups in total. The number of fused-ring (bicyclic) bond motifs is 6. The first kappa shape index (κ1) is 20.3. The van der Waals surface area contributed by atoms with Crippen molar-refractivity contribution < 1.29 is 19.7 Å². The number of anilines is 1. The minimum Gasteiger partial charge on any atom is -0.504 e. The lowest BCUT2D eigenvalue weighted by molar-refractivity contribution is -0.118. The third-order valence-electron chi connectivity index (χ3n) is 6.64. The number of rotatable bonds is 1. The van der Waals surface area contributed by atoms with E-state index in [1.165, 1.54) is 11.3 Å². The van der Waals surface area contributed by atoms with Crippen LogP contribution in [-0.2, 0) is 10.2 Å². The summed E-state index contributed by atoms with van der Waals surface area (Å²) in [5.74, 6) is 0.630. The molecule has 1 aromatic heterocycles. The molecule has 33 heavy (non-hydrogen) atoms. The second kappa shape index (κ2) is 7.60. The molecule has 3 aromatic rings. The van der Waals surface area contributed by atoms with E-state index in [4.69, 9.17) is 4.74 Å². The number of benzene rings is 2. The molecule has 4 bridgehead atoms. The van der Waals surface area contributed by atoms with Crippen LogP contribution in [0.4, 0.5) is 5.13 Å². The maximum Gasteiger partial charge on any atom is 0.236 e. The van der Waals surface area contributed by atoms with Crippen molar-refractivity contribution in [1.29, 1.82) is 0 Å². The zero-order valence-electron chi connectivity index (χ0n) is 17.8. The van der Waals surface area contributed by atoms with Gasteiger partial charge in [0.15, 0.2) is 22.5 Å². The van der Waals surface area contributed by atoms with Crippen molar-refractivity contribution in [1.82, 2.24) is 9.88 Å². The van der Waals surface area contributed by atoms with Crippen molar-refractivity contribution in [3.63, 3.8) is 0 Å². The molecule has 2 atom stereocenters. The van der Waals surface area contributed by atoms with Crippen LogP contribution in [0.2, 0.25) is 0 Å². The largest absolute Gasteiger partial charge is 0.504 e. The van der Waals surface area contributed by atoms with Gasteiger partial charge in [0.1, 0.15) is 0 Å². The Hall–Kier alpha value is -3.36. The zero-order valence-corrected chi connectivity index (χ0v) is 18.6. The summed E-state index contributed by atoms with van der Waals surface area (Å²) in [6, 6.07) is 14.9. The van der Waals surface area contributed by atoms with E-state index in [0.717, 1.165) is 28.8 Å². The normalized spacial score (nSPS) is 23.2. The highest BCUT2D eigenvalue weighted by molar-refractivity contribution is 7.15. The number of aromatic nitrogens is 1. The van der Waals surface area contributed by atoms with Gasteiger partial charge in [-0.05, 0) is 42.5 Å². The number of phenolic OH excluding ortho intramolecular Hbond substituents is 1. The van der Waals surface area contributed by atoms with Crippen molar-refractivity contribution in [2.75, 3.05) is 11.9 Å². The molecule has 7 nitrogen and oxygen atoms in total. The standard InChI is InChI=1S/C25H23N3O4S/c29-17-8-11-28-21(13-17)32-19-12-16(6-7-18(19)30)25(9-10-25)23(31)27-24-26-14-20(33-24)22(28)15-4-2-1-3-5-15/h1-7,12-14,17,22,29-30H,8-11H2,(H,26,27,31). The number of aliphatic hydroxyl groups is 1. The molecule has 8 heteroatoms. The van der Waals surface area contributed by atoms with Crippen LogP contribution in [0.5, 0.6) is 11.5 Å². The van der Waals surface area contributed by atoms with Crippen LogP contribution >= 0.6 is 11.3 Å². The molecule has 1 spiro atoms. The van der Waals surface area contributed by atoms with E-state index < -0.39 is 11.5 Å². The highest BCUT2D eigenvalue weighted by Crippen LogP contribution is 2.51. The molecule has 0 radical (unpaired) electrons. The van der Waals surface area contributed by atoms with Gasteiger partial charge in [-0.1, -0.05) is 47.7 Å². The van der Waals surface area contributed by atoms with Gasteiger partial charge in [-0.25, -0.2) is 4.98 Å². The third kappa shape index (κ3) is 3.46. The fourth-order valence-corrected chi connectivity index (χ4v) is 5.63. The quantitative estimate of drug-likeness (QED) is 0.509. The maximum atomic E-state index is 13.2. The number of phenols is 1. The predicted octanol–water partition coefficient (Wildman–Crippen LogP) is 3.91. The van der Waals surface area contributed by atoms with Crippen LogP contribution in [0.15, 0.2) is 66.7 Å². The molecule has 6 rings (SSSR count). The number of aromatic hydroxyl groups is 1. The number of hydrogen-bond acceptors (Lipinski definition) is 7. The number of nitrogens with zero attached hydrogens (tertiary/aromatic N) is 2. The third-order valence-corrected chi connectivity index (χ3v) is 7.60. The van der Waals surface area contributed by atoms with Gasteiger partial charge in [0, 0.05) is 18.8 Å². The van der Waals surface area contributed by atoms with Crippen molar-refractivity contribution in [3.8, 4) is 11.5 Å². The highest BCUT2D eigenvalue weighted by Gasteiger charge is 2.52. The van der Waals surface area contributed by atoms with Crippen LogP contribution in [0.25, 0.3) is 0 Å². The Morgan fingerprint density at radius 2 is 2.00 bits per heavy atom. The van der Waals surface area contributed by atoms with Crippen molar-refractivity contribution in [2.24, 2.45) is 0 Å². The molecule has 2 aromatic carbocycles. The second-order valence-corrected chi connectivity index (χ2v) is 9.82. The zero-order chi connectivity index (χ0) is 22.6. The summed E-state index contributed by atoms with van der Waals surface area (Å²) in [5.41, 5.74) is 1.19. The minimum absolute atomic E-state index is 0.0125. The van der Waals surface area contributed by atoms with Crippen LogP contribution in [0, 0.1) is 0 Å². The number of carbonyl (C=O) groups is 1. The Balaban J connectivity index is 1.54. The summed E-state index contributed by atoms with van der Waals surface area (Å²) in [6.07, 6.45) is 4.83. The van der Waals surface area contributed by atoms with E-state index in [0.29, 0.717) is 24.0 Å². The van der Waals surface area contributed by atoms with Crippen molar-refractivity contribution >= 4 is 22.4 Å². The number of carbonyl (C=O) groups excluding carboxylic acids is 1. The Labute approximate surface area is 195 Å². The van der Waals surface area contributed by atoms with E-state index >= 15 is 0 Å². The SMILES string of the molecule is O=C1Nc2ncc(s2)C(c2ccccc2)N2CCC(O)C=C2Oc2cc(ccc2O)C12CC2. The monoisotopic (exact) mass is 461 g/mol. The molecule has 3 aliphatic rings. The van der Waals surface area contributed by atoms with E-state index in [2.05, 4.69) is 15.2 Å². The van der Waals surface area contributed by atoms with Gasteiger partial charge < -0.3 is 25.2 Å². The first-order chi connectivity index (χ1) is 16.0. The maximum absolute atomic E-state index is 13.2. The molecular formula is C25H23N3O4S. The van der Waals surface area contributed by atoms with E-state index in [1.54, 1.807) is 30.5 Å². The average Bonchev–Trinajstić information content (AvgIpc) is 3.51. The molecule has 1 saturated carbocycles. The lowest BCUT2D eigenvalue weighted by Crippen LogP contribution is -2.37.